The molecule has 15 heavy (non-hydrogen) atoms. The van der Waals surface area contributed by atoms with Crippen molar-refractivity contribution in [2.24, 2.45) is 11.7 Å². The van der Waals surface area contributed by atoms with Crippen molar-refractivity contribution in [3.05, 3.63) is 0 Å². The minimum absolute atomic E-state index is 0. The van der Waals surface area contributed by atoms with Gasteiger partial charge in [-0.25, -0.2) is 4.79 Å². The Labute approximate surface area is 98.0 Å². The fourth-order valence-electron chi connectivity index (χ4n) is 1.92. The average molecular weight is 236 g/mol. The van der Waals surface area contributed by atoms with Crippen LogP contribution in [0.25, 0.3) is 0 Å². The summed E-state index contributed by atoms with van der Waals surface area (Å²) in [5.41, 5.74) is 5.51. The summed E-state index contributed by atoms with van der Waals surface area (Å²) in [5, 5.41) is 2.82. The number of nitrogens with zero attached hydrogens (tertiary/aromatic N) is 1. The van der Waals surface area contributed by atoms with Crippen LogP contribution < -0.4 is 11.1 Å². The Hall–Kier alpha value is -0.480. The molecule has 0 aromatic rings. The van der Waals surface area contributed by atoms with E-state index >= 15 is 0 Å². The van der Waals surface area contributed by atoms with Gasteiger partial charge in [0, 0.05) is 19.6 Å². The molecule has 90 valence electrons. The zero-order chi connectivity index (χ0) is 10.4. The highest BCUT2D eigenvalue weighted by atomic mass is 35.5. The Kier molecular flexibility index (Phi) is 7.52. The van der Waals surface area contributed by atoms with Crippen LogP contribution in [0.2, 0.25) is 0 Å². The summed E-state index contributed by atoms with van der Waals surface area (Å²) >= 11 is 0. The molecule has 0 saturated carbocycles. The molecule has 0 bridgehead atoms. The van der Waals surface area contributed by atoms with E-state index in [0.29, 0.717) is 6.54 Å². The molecule has 1 fully saturated rings. The summed E-state index contributed by atoms with van der Waals surface area (Å²) in [6, 6.07) is 0.0821. The molecular weight excluding hydrogens is 214 g/mol. The fourth-order valence-corrected chi connectivity index (χ4v) is 1.92. The maximum Gasteiger partial charge on any atom is 0.317 e. The van der Waals surface area contributed by atoms with Crippen LogP contribution in [0.4, 0.5) is 4.79 Å². The number of halogens is 1. The first-order valence-corrected chi connectivity index (χ1v) is 5.50. The van der Waals surface area contributed by atoms with Gasteiger partial charge in [-0.1, -0.05) is 0 Å². The third-order valence-electron chi connectivity index (χ3n) is 2.80. The van der Waals surface area contributed by atoms with Gasteiger partial charge in [0.1, 0.15) is 0 Å². The van der Waals surface area contributed by atoms with Crippen LogP contribution in [-0.2, 0) is 0 Å². The number of piperidine rings is 1. The Morgan fingerprint density at radius 3 is 2.53 bits per heavy atom. The number of amides is 2. The number of nitrogens with one attached hydrogen (secondary N) is 1. The van der Waals surface area contributed by atoms with Gasteiger partial charge in [-0.3, -0.25) is 0 Å². The molecule has 0 unspecified atom stereocenters. The van der Waals surface area contributed by atoms with Gasteiger partial charge in [0.25, 0.3) is 0 Å². The molecule has 3 N–H and O–H groups in total. The maximum atomic E-state index is 11.5. The molecule has 1 rings (SSSR count). The van der Waals surface area contributed by atoms with Gasteiger partial charge < -0.3 is 16.0 Å². The van der Waals surface area contributed by atoms with E-state index in [1.807, 2.05) is 11.8 Å². The molecule has 1 heterocycles. The highest BCUT2D eigenvalue weighted by Gasteiger charge is 2.21. The summed E-state index contributed by atoms with van der Waals surface area (Å²) in [6.07, 6.45) is 3.31. The quantitative estimate of drug-likeness (QED) is 0.772. The fraction of sp³-hybridized carbons (Fsp3) is 0.900. The van der Waals surface area contributed by atoms with Crippen LogP contribution in [0.5, 0.6) is 0 Å². The predicted octanol–water partition coefficient (Wildman–Crippen LogP) is 1.20. The number of carbonyl (C=O) groups excluding carboxylic acids is 1. The molecule has 2 amide bonds. The van der Waals surface area contributed by atoms with Crippen molar-refractivity contribution in [2.45, 2.75) is 26.2 Å². The highest BCUT2D eigenvalue weighted by Crippen LogP contribution is 2.19. The van der Waals surface area contributed by atoms with E-state index in [1.54, 1.807) is 0 Å². The summed E-state index contributed by atoms with van der Waals surface area (Å²) in [7, 11) is 0. The topological polar surface area (TPSA) is 58.4 Å². The number of likely N-dealkylation sites (tertiary alicyclic amines) is 1. The third-order valence-corrected chi connectivity index (χ3v) is 2.80. The molecule has 1 aliphatic rings. The van der Waals surface area contributed by atoms with Crippen molar-refractivity contribution in [1.82, 2.24) is 10.2 Å². The van der Waals surface area contributed by atoms with Gasteiger partial charge in [0.15, 0.2) is 0 Å². The molecule has 0 aliphatic carbocycles. The van der Waals surface area contributed by atoms with Crippen LogP contribution in [0.15, 0.2) is 0 Å². The van der Waals surface area contributed by atoms with Crippen molar-refractivity contribution in [1.29, 1.82) is 0 Å². The number of carbonyl (C=O) groups is 1. The Morgan fingerprint density at radius 2 is 2.07 bits per heavy atom. The molecule has 1 aliphatic heterocycles. The van der Waals surface area contributed by atoms with E-state index < -0.39 is 0 Å². The standard InChI is InChI=1S/C10H21N3O.ClH/c1-2-12-10(14)13-7-4-9(3-6-11)5-8-13;/h9H,2-8,11H2,1H3,(H,12,14);1H. The minimum atomic E-state index is 0. The largest absolute Gasteiger partial charge is 0.338 e. The molecule has 0 aromatic carbocycles. The number of hydrogen-bond acceptors (Lipinski definition) is 2. The Bertz CT molecular complexity index is 182. The van der Waals surface area contributed by atoms with Crippen LogP contribution in [0.1, 0.15) is 26.2 Å². The van der Waals surface area contributed by atoms with E-state index in [9.17, 15) is 4.79 Å². The van der Waals surface area contributed by atoms with Crippen molar-refractivity contribution < 1.29 is 4.79 Å². The van der Waals surface area contributed by atoms with E-state index in [0.717, 1.165) is 44.8 Å². The SMILES string of the molecule is CCNC(=O)N1CCC(CCN)CC1.Cl. The summed E-state index contributed by atoms with van der Waals surface area (Å²) in [4.78, 5) is 13.4. The second kappa shape index (κ2) is 7.77. The number of nitrogens with two attached hydrogens (primary N) is 1. The number of rotatable bonds is 3. The zero-order valence-corrected chi connectivity index (χ0v) is 10.2. The van der Waals surface area contributed by atoms with Gasteiger partial charge in [0.05, 0.1) is 0 Å². The molecule has 0 spiro atoms. The lowest BCUT2D eigenvalue weighted by Gasteiger charge is -2.31. The second-order valence-electron chi connectivity index (χ2n) is 3.84. The summed E-state index contributed by atoms with van der Waals surface area (Å²) < 4.78 is 0. The van der Waals surface area contributed by atoms with Crippen LogP contribution in [0.3, 0.4) is 0 Å². The second-order valence-corrected chi connectivity index (χ2v) is 3.84. The molecule has 5 heteroatoms. The van der Waals surface area contributed by atoms with Crippen molar-refractivity contribution >= 4 is 18.4 Å². The number of hydrogen-bond donors (Lipinski definition) is 2. The first kappa shape index (κ1) is 14.5. The normalized spacial score (nSPS) is 17.1. The Morgan fingerprint density at radius 1 is 1.47 bits per heavy atom. The molecule has 0 atom stereocenters. The monoisotopic (exact) mass is 235 g/mol. The average Bonchev–Trinajstić information content (AvgIpc) is 2.20. The highest BCUT2D eigenvalue weighted by molar-refractivity contribution is 5.85. The van der Waals surface area contributed by atoms with Crippen molar-refractivity contribution in [3.63, 3.8) is 0 Å². The lowest BCUT2D eigenvalue weighted by molar-refractivity contribution is 0.169. The first-order chi connectivity index (χ1) is 6.77. The molecule has 0 radical (unpaired) electrons. The van der Waals surface area contributed by atoms with E-state index in [-0.39, 0.29) is 18.4 Å². The third kappa shape index (κ3) is 4.71. The molecular formula is C10H22ClN3O. The van der Waals surface area contributed by atoms with Gasteiger partial charge in [-0.2, -0.15) is 0 Å². The van der Waals surface area contributed by atoms with Crippen LogP contribution in [0, 0.1) is 5.92 Å². The number of urea groups is 1. The lowest BCUT2D eigenvalue weighted by Crippen LogP contribution is -2.44. The van der Waals surface area contributed by atoms with Crippen LogP contribution >= 0.6 is 12.4 Å². The zero-order valence-electron chi connectivity index (χ0n) is 9.37. The van der Waals surface area contributed by atoms with Crippen molar-refractivity contribution in [2.75, 3.05) is 26.2 Å². The summed E-state index contributed by atoms with van der Waals surface area (Å²) in [5.74, 6) is 0.727. The summed E-state index contributed by atoms with van der Waals surface area (Å²) in [6.45, 7) is 5.19. The van der Waals surface area contributed by atoms with Crippen LogP contribution in [-0.4, -0.2) is 37.1 Å². The van der Waals surface area contributed by atoms with Gasteiger partial charge in [0.2, 0.25) is 0 Å². The van der Waals surface area contributed by atoms with E-state index in [4.69, 9.17) is 5.73 Å². The van der Waals surface area contributed by atoms with Gasteiger partial charge >= 0.3 is 6.03 Å². The molecule has 1 saturated heterocycles. The van der Waals surface area contributed by atoms with Crippen molar-refractivity contribution in [3.8, 4) is 0 Å². The smallest absolute Gasteiger partial charge is 0.317 e. The van der Waals surface area contributed by atoms with Gasteiger partial charge in [-0.05, 0) is 38.6 Å². The van der Waals surface area contributed by atoms with E-state index in [2.05, 4.69) is 5.32 Å². The Balaban J connectivity index is 0.00000196. The maximum absolute atomic E-state index is 11.5. The predicted molar refractivity (Wildman–Crippen MR) is 64.3 cm³/mol. The molecule has 4 nitrogen and oxygen atoms in total. The molecule has 0 aromatic heterocycles. The first-order valence-electron chi connectivity index (χ1n) is 5.50. The lowest BCUT2D eigenvalue weighted by atomic mass is 9.94. The minimum Gasteiger partial charge on any atom is -0.338 e. The van der Waals surface area contributed by atoms with E-state index in [1.165, 1.54) is 0 Å². The van der Waals surface area contributed by atoms with Gasteiger partial charge in [-0.15, -0.1) is 12.4 Å².